The molecule has 2 heterocycles. The number of carbonyl (C=O) groups excluding carboxylic acids is 3. The van der Waals surface area contributed by atoms with Gasteiger partial charge in [0, 0.05) is 12.2 Å². The molecular formula is C18H24N4O3. The van der Waals surface area contributed by atoms with Gasteiger partial charge >= 0.3 is 6.03 Å². The Morgan fingerprint density at radius 2 is 1.92 bits per heavy atom. The zero-order valence-corrected chi connectivity index (χ0v) is 14.7. The van der Waals surface area contributed by atoms with Gasteiger partial charge in [0.05, 0.1) is 6.04 Å². The minimum absolute atomic E-state index is 0.0363. The van der Waals surface area contributed by atoms with Crippen molar-refractivity contribution in [3.8, 4) is 0 Å². The maximum absolute atomic E-state index is 12.5. The lowest BCUT2D eigenvalue weighted by molar-refractivity contribution is -0.148. The van der Waals surface area contributed by atoms with E-state index < -0.39 is 12.1 Å². The molecule has 3 N–H and O–H groups in total. The second-order valence-corrected chi connectivity index (χ2v) is 7.07. The number of piperazine rings is 1. The van der Waals surface area contributed by atoms with E-state index in [0.717, 1.165) is 5.56 Å². The van der Waals surface area contributed by atoms with Gasteiger partial charge in [-0.05, 0) is 31.4 Å². The van der Waals surface area contributed by atoms with Crippen LogP contribution in [0.5, 0.6) is 0 Å². The molecule has 2 aliphatic heterocycles. The van der Waals surface area contributed by atoms with Crippen molar-refractivity contribution < 1.29 is 14.4 Å². The third kappa shape index (κ3) is 3.45. The molecule has 2 aliphatic rings. The number of carbonyl (C=O) groups is 3. The SMILES string of the molecule is Cc1ccc(NC(=O)N[C@@H]2CCN3C(=O)[C@@H](C(C)C)NC(=O)[C@H]23)cc1. The first-order valence-electron chi connectivity index (χ1n) is 8.62. The second kappa shape index (κ2) is 6.74. The molecule has 0 radical (unpaired) electrons. The Bertz CT molecular complexity index is 686. The summed E-state index contributed by atoms with van der Waals surface area (Å²) in [6.45, 7) is 6.27. The molecule has 0 aliphatic carbocycles. The molecule has 3 atom stereocenters. The van der Waals surface area contributed by atoms with Gasteiger partial charge in [-0.1, -0.05) is 31.5 Å². The monoisotopic (exact) mass is 344 g/mol. The first-order chi connectivity index (χ1) is 11.9. The average Bonchev–Trinajstić information content (AvgIpc) is 2.97. The Kier molecular flexibility index (Phi) is 4.65. The molecule has 1 aromatic carbocycles. The normalized spacial score (nSPS) is 25.6. The zero-order chi connectivity index (χ0) is 18.1. The number of fused-ring (bicyclic) bond motifs is 1. The maximum atomic E-state index is 12.5. The van der Waals surface area contributed by atoms with Crippen molar-refractivity contribution in [1.82, 2.24) is 15.5 Å². The van der Waals surface area contributed by atoms with Crippen molar-refractivity contribution in [3.63, 3.8) is 0 Å². The van der Waals surface area contributed by atoms with Crippen LogP contribution in [0, 0.1) is 12.8 Å². The van der Waals surface area contributed by atoms with Gasteiger partial charge in [0.2, 0.25) is 11.8 Å². The summed E-state index contributed by atoms with van der Waals surface area (Å²) in [7, 11) is 0. The fourth-order valence-electron chi connectivity index (χ4n) is 3.42. The summed E-state index contributed by atoms with van der Waals surface area (Å²) in [5.41, 5.74) is 1.79. The fraction of sp³-hybridized carbons (Fsp3) is 0.500. The summed E-state index contributed by atoms with van der Waals surface area (Å²) < 4.78 is 0. The number of nitrogens with one attached hydrogen (secondary N) is 3. The van der Waals surface area contributed by atoms with Gasteiger partial charge in [-0.15, -0.1) is 0 Å². The van der Waals surface area contributed by atoms with Crippen molar-refractivity contribution in [2.75, 3.05) is 11.9 Å². The Morgan fingerprint density at radius 1 is 1.24 bits per heavy atom. The first-order valence-corrected chi connectivity index (χ1v) is 8.62. The van der Waals surface area contributed by atoms with E-state index >= 15 is 0 Å². The quantitative estimate of drug-likeness (QED) is 0.770. The predicted molar refractivity (Wildman–Crippen MR) is 94.0 cm³/mol. The lowest BCUT2D eigenvalue weighted by atomic mass is 9.97. The van der Waals surface area contributed by atoms with Crippen LogP contribution in [-0.4, -0.2) is 47.4 Å². The smallest absolute Gasteiger partial charge is 0.319 e. The Hall–Kier alpha value is -2.57. The Labute approximate surface area is 147 Å². The average molecular weight is 344 g/mol. The Balaban J connectivity index is 1.64. The number of urea groups is 1. The van der Waals surface area contributed by atoms with Crippen molar-refractivity contribution in [3.05, 3.63) is 29.8 Å². The lowest BCUT2D eigenvalue weighted by Gasteiger charge is -2.37. The number of aryl methyl sites for hydroxylation is 1. The molecule has 0 saturated carbocycles. The number of benzene rings is 1. The molecule has 25 heavy (non-hydrogen) atoms. The third-order valence-electron chi connectivity index (χ3n) is 4.81. The molecular weight excluding hydrogens is 320 g/mol. The Morgan fingerprint density at radius 3 is 2.56 bits per heavy atom. The highest BCUT2D eigenvalue weighted by molar-refractivity contribution is 5.99. The van der Waals surface area contributed by atoms with Crippen molar-refractivity contribution in [1.29, 1.82) is 0 Å². The molecule has 0 unspecified atom stereocenters. The van der Waals surface area contributed by atoms with E-state index in [-0.39, 0.29) is 29.8 Å². The van der Waals surface area contributed by atoms with Crippen LogP contribution in [0.2, 0.25) is 0 Å². The van der Waals surface area contributed by atoms with Crippen LogP contribution < -0.4 is 16.0 Å². The van der Waals surface area contributed by atoms with Crippen LogP contribution in [0.4, 0.5) is 10.5 Å². The highest BCUT2D eigenvalue weighted by atomic mass is 16.2. The van der Waals surface area contributed by atoms with Crippen LogP contribution in [-0.2, 0) is 9.59 Å². The number of anilines is 1. The van der Waals surface area contributed by atoms with E-state index in [1.165, 1.54) is 0 Å². The molecule has 134 valence electrons. The minimum atomic E-state index is -0.633. The standard InChI is InChI=1S/C18H24N4O3/c1-10(2)14-17(24)22-9-8-13(15(22)16(23)21-14)20-18(25)19-12-6-4-11(3)5-7-12/h4-7,10,13-15H,8-9H2,1-3H3,(H,21,23)(H2,19,20,25)/t13-,14-,15+/m1/s1. The van der Waals surface area contributed by atoms with E-state index in [1.54, 1.807) is 4.90 Å². The van der Waals surface area contributed by atoms with Crippen LogP contribution in [0.3, 0.4) is 0 Å². The number of hydrogen-bond acceptors (Lipinski definition) is 3. The van der Waals surface area contributed by atoms with Crippen molar-refractivity contribution in [2.45, 2.75) is 45.3 Å². The predicted octanol–water partition coefficient (Wildman–Crippen LogP) is 1.24. The van der Waals surface area contributed by atoms with Gasteiger partial charge in [0.1, 0.15) is 12.1 Å². The van der Waals surface area contributed by atoms with Gasteiger partial charge < -0.3 is 20.9 Å². The van der Waals surface area contributed by atoms with Gasteiger partial charge in [-0.2, -0.15) is 0 Å². The topological polar surface area (TPSA) is 90.5 Å². The van der Waals surface area contributed by atoms with Gasteiger partial charge in [-0.25, -0.2) is 4.79 Å². The van der Waals surface area contributed by atoms with E-state index in [9.17, 15) is 14.4 Å². The first kappa shape index (κ1) is 17.3. The highest BCUT2D eigenvalue weighted by Crippen LogP contribution is 2.25. The molecule has 0 aromatic heterocycles. The second-order valence-electron chi connectivity index (χ2n) is 7.07. The van der Waals surface area contributed by atoms with Crippen LogP contribution in [0.25, 0.3) is 0 Å². The van der Waals surface area contributed by atoms with Gasteiger partial charge in [0.25, 0.3) is 0 Å². The summed E-state index contributed by atoms with van der Waals surface area (Å²) in [4.78, 5) is 38.8. The van der Waals surface area contributed by atoms with Crippen LogP contribution >= 0.6 is 0 Å². The van der Waals surface area contributed by atoms with Crippen LogP contribution in [0.15, 0.2) is 24.3 Å². The van der Waals surface area contributed by atoms with E-state index in [1.807, 2.05) is 45.0 Å². The fourth-order valence-corrected chi connectivity index (χ4v) is 3.42. The maximum Gasteiger partial charge on any atom is 0.319 e. The van der Waals surface area contributed by atoms with Crippen molar-refractivity contribution in [2.24, 2.45) is 5.92 Å². The molecule has 3 rings (SSSR count). The molecule has 2 fully saturated rings. The minimum Gasteiger partial charge on any atom is -0.342 e. The number of rotatable bonds is 3. The van der Waals surface area contributed by atoms with Gasteiger partial charge in [-0.3, -0.25) is 9.59 Å². The number of amides is 4. The third-order valence-corrected chi connectivity index (χ3v) is 4.81. The molecule has 0 bridgehead atoms. The van der Waals surface area contributed by atoms with Gasteiger partial charge in [0.15, 0.2) is 0 Å². The summed E-state index contributed by atoms with van der Waals surface area (Å²) in [6.07, 6.45) is 0.565. The summed E-state index contributed by atoms with van der Waals surface area (Å²) >= 11 is 0. The van der Waals surface area contributed by atoms with Crippen LogP contribution in [0.1, 0.15) is 25.8 Å². The van der Waals surface area contributed by atoms with E-state index in [4.69, 9.17) is 0 Å². The van der Waals surface area contributed by atoms with Crippen molar-refractivity contribution >= 4 is 23.5 Å². The number of nitrogens with zero attached hydrogens (tertiary/aromatic N) is 1. The zero-order valence-electron chi connectivity index (χ0n) is 14.7. The summed E-state index contributed by atoms with van der Waals surface area (Å²) in [6, 6.07) is 5.58. The summed E-state index contributed by atoms with van der Waals surface area (Å²) in [5, 5.41) is 8.39. The largest absolute Gasteiger partial charge is 0.342 e. The lowest BCUT2D eigenvalue weighted by Crippen LogP contribution is -2.66. The molecule has 4 amide bonds. The number of hydrogen-bond donors (Lipinski definition) is 3. The summed E-state index contributed by atoms with van der Waals surface area (Å²) in [5.74, 6) is -0.228. The van der Waals surface area contributed by atoms with E-state index in [2.05, 4.69) is 16.0 Å². The molecule has 7 heteroatoms. The molecule has 7 nitrogen and oxygen atoms in total. The molecule has 0 spiro atoms. The van der Waals surface area contributed by atoms with E-state index in [0.29, 0.717) is 18.7 Å². The molecule has 2 saturated heterocycles. The molecule has 1 aromatic rings. The highest BCUT2D eigenvalue weighted by Gasteiger charge is 2.49.